The second-order valence-electron chi connectivity index (χ2n) is 3.62. The lowest BCUT2D eigenvalue weighted by Gasteiger charge is -2.23. The molecule has 0 aliphatic heterocycles. The molecule has 70 valence electrons. The van der Waals surface area contributed by atoms with E-state index in [1.807, 2.05) is 6.92 Å². The largest absolute Gasteiger partial charge is 0.383 e. The summed E-state index contributed by atoms with van der Waals surface area (Å²) in [5.74, 6) is 0.543. The van der Waals surface area contributed by atoms with Crippen molar-refractivity contribution >= 4 is 0 Å². The quantitative estimate of drug-likeness (QED) is 0.620. The van der Waals surface area contributed by atoms with E-state index in [1.54, 1.807) is 0 Å². The normalized spacial score (nSPS) is 12.8. The summed E-state index contributed by atoms with van der Waals surface area (Å²) in [7, 11) is 0. The van der Waals surface area contributed by atoms with Crippen LogP contribution in [-0.2, 0) is 0 Å². The third-order valence-corrected chi connectivity index (χ3v) is 2.02. The highest BCUT2D eigenvalue weighted by molar-refractivity contribution is 5.10. The summed E-state index contributed by atoms with van der Waals surface area (Å²) in [6.07, 6.45) is 1.07. The summed E-state index contributed by atoms with van der Waals surface area (Å²) in [5, 5.41) is 3.32. The first-order valence-electron chi connectivity index (χ1n) is 4.59. The van der Waals surface area contributed by atoms with Crippen LogP contribution in [0.1, 0.15) is 34.1 Å². The van der Waals surface area contributed by atoms with E-state index in [0.29, 0.717) is 12.0 Å². The van der Waals surface area contributed by atoms with Crippen LogP contribution in [0.3, 0.4) is 0 Å². The van der Waals surface area contributed by atoms with Crippen molar-refractivity contribution in [3.8, 4) is 0 Å². The highest BCUT2D eigenvalue weighted by Crippen LogP contribution is 2.14. The first-order chi connectivity index (χ1) is 5.49. The molecule has 0 fully saturated rings. The molecule has 1 atom stereocenters. The first-order valence-corrected chi connectivity index (χ1v) is 4.59. The molecule has 0 aliphatic rings. The molecule has 0 saturated carbocycles. The smallest absolute Gasteiger partial charge is 0.0467 e. The van der Waals surface area contributed by atoms with Crippen LogP contribution >= 0.6 is 0 Å². The predicted octanol–water partition coefficient (Wildman–Crippen LogP) is 3.10. The Hall–Kier alpha value is -0.720. The standard InChI is InChI=1S/C11H21N/c1-7-11(12-9(4)5)10(6)8(2)3/h8,11-12H,4,6-7H2,1-3,5H3. The van der Waals surface area contributed by atoms with Crippen molar-refractivity contribution < 1.29 is 0 Å². The third kappa shape index (κ3) is 3.61. The van der Waals surface area contributed by atoms with Crippen molar-refractivity contribution in [3.05, 3.63) is 24.4 Å². The topological polar surface area (TPSA) is 12.0 Å². The summed E-state index contributed by atoms with van der Waals surface area (Å²) in [6.45, 7) is 16.4. The van der Waals surface area contributed by atoms with Gasteiger partial charge in [-0.15, -0.1) is 0 Å². The molecule has 0 spiro atoms. The van der Waals surface area contributed by atoms with Gasteiger partial charge in [0.2, 0.25) is 0 Å². The number of allylic oxidation sites excluding steroid dienone is 1. The predicted molar refractivity (Wildman–Crippen MR) is 56.0 cm³/mol. The average molecular weight is 167 g/mol. The van der Waals surface area contributed by atoms with Crippen LogP contribution in [0, 0.1) is 5.92 Å². The van der Waals surface area contributed by atoms with Crippen molar-refractivity contribution in [2.24, 2.45) is 5.92 Å². The van der Waals surface area contributed by atoms with Crippen LogP contribution in [0.4, 0.5) is 0 Å². The average Bonchev–Trinajstić information content (AvgIpc) is 1.98. The zero-order valence-electron chi connectivity index (χ0n) is 8.78. The van der Waals surface area contributed by atoms with E-state index in [4.69, 9.17) is 0 Å². The lowest BCUT2D eigenvalue weighted by Crippen LogP contribution is -2.29. The van der Waals surface area contributed by atoms with E-state index < -0.39 is 0 Å². The maximum atomic E-state index is 4.07. The van der Waals surface area contributed by atoms with Gasteiger partial charge in [0.1, 0.15) is 0 Å². The summed E-state index contributed by atoms with van der Waals surface area (Å²) in [6, 6.07) is 0.391. The summed E-state index contributed by atoms with van der Waals surface area (Å²) < 4.78 is 0. The fourth-order valence-electron chi connectivity index (χ4n) is 1.16. The van der Waals surface area contributed by atoms with Crippen LogP contribution in [0.2, 0.25) is 0 Å². The number of hydrogen-bond donors (Lipinski definition) is 1. The van der Waals surface area contributed by atoms with Gasteiger partial charge in [-0.3, -0.25) is 0 Å². The zero-order chi connectivity index (χ0) is 9.72. The summed E-state index contributed by atoms with van der Waals surface area (Å²) in [5.41, 5.74) is 2.28. The van der Waals surface area contributed by atoms with Crippen LogP contribution in [-0.4, -0.2) is 6.04 Å². The maximum Gasteiger partial charge on any atom is 0.0467 e. The lowest BCUT2D eigenvalue weighted by molar-refractivity contribution is 0.559. The molecular weight excluding hydrogens is 146 g/mol. The molecule has 0 aromatic heterocycles. The van der Waals surface area contributed by atoms with E-state index in [1.165, 1.54) is 5.57 Å². The fourth-order valence-corrected chi connectivity index (χ4v) is 1.16. The fraction of sp³-hybridized carbons (Fsp3) is 0.636. The van der Waals surface area contributed by atoms with Gasteiger partial charge in [0.25, 0.3) is 0 Å². The van der Waals surface area contributed by atoms with Crippen molar-refractivity contribution in [2.75, 3.05) is 0 Å². The van der Waals surface area contributed by atoms with Gasteiger partial charge in [0.15, 0.2) is 0 Å². The van der Waals surface area contributed by atoms with Gasteiger partial charge in [-0.25, -0.2) is 0 Å². The van der Waals surface area contributed by atoms with Crippen molar-refractivity contribution in [2.45, 2.75) is 40.2 Å². The molecule has 1 nitrogen and oxygen atoms in total. The number of nitrogens with one attached hydrogen (secondary N) is 1. The minimum atomic E-state index is 0.391. The van der Waals surface area contributed by atoms with Gasteiger partial charge >= 0.3 is 0 Å². The van der Waals surface area contributed by atoms with Crippen LogP contribution < -0.4 is 5.32 Å². The SMILES string of the molecule is C=C(C)NC(CC)C(=C)C(C)C. The van der Waals surface area contributed by atoms with E-state index in [2.05, 4.69) is 39.2 Å². The Morgan fingerprint density at radius 2 is 1.83 bits per heavy atom. The first kappa shape index (κ1) is 11.3. The maximum absolute atomic E-state index is 4.07. The lowest BCUT2D eigenvalue weighted by atomic mass is 9.95. The highest BCUT2D eigenvalue weighted by atomic mass is 14.9. The molecule has 0 rings (SSSR count). The molecule has 0 bridgehead atoms. The molecule has 0 radical (unpaired) electrons. The molecular formula is C11H21N. The van der Waals surface area contributed by atoms with Crippen LogP contribution in [0.25, 0.3) is 0 Å². The van der Waals surface area contributed by atoms with Gasteiger partial charge in [0.05, 0.1) is 0 Å². The molecule has 12 heavy (non-hydrogen) atoms. The number of rotatable bonds is 5. The molecule has 0 aromatic carbocycles. The van der Waals surface area contributed by atoms with E-state index >= 15 is 0 Å². The number of hydrogen-bond acceptors (Lipinski definition) is 1. The molecule has 1 heteroatoms. The van der Waals surface area contributed by atoms with Crippen molar-refractivity contribution in [1.29, 1.82) is 0 Å². The van der Waals surface area contributed by atoms with E-state index in [9.17, 15) is 0 Å². The zero-order valence-corrected chi connectivity index (χ0v) is 8.78. The van der Waals surface area contributed by atoms with Crippen molar-refractivity contribution in [3.63, 3.8) is 0 Å². The Kier molecular flexibility index (Phi) is 4.72. The Balaban J connectivity index is 4.15. The second kappa shape index (κ2) is 5.02. The minimum absolute atomic E-state index is 0.391. The Labute approximate surface area is 76.6 Å². The monoisotopic (exact) mass is 167 g/mol. The van der Waals surface area contributed by atoms with Gasteiger partial charge in [-0.05, 0) is 19.3 Å². The van der Waals surface area contributed by atoms with Crippen LogP contribution in [0.5, 0.6) is 0 Å². The molecule has 0 amide bonds. The highest BCUT2D eigenvalue weighted by Gasteiger charge is 2.11. The molecule has 0 saturated heterocycles. The van der Waals surface area contributed by atoms with Gasteiger partial charge in [-0.2, -0.15) is 0 Å². The second-order valence-corrected chi connectivity index (χ2v) is 3.62. The third-order valence-electron chi connectivity index (χ3n) is 2.02. The molecule has 1 N–H and O–H groups in total. The summed E-state index contributed by atoms with van der Waals surface area (Å²) in [4.78, 5) is 0. The van der Waals surface area contributed by atoms with Crippen LogP contribution in [0.15, 0.2) is 24.4 Å². The molecule has 1 unspecified atom stereocenters. The Morgan fingerprint density at radius 3 is 2.08 bits per heavy atom. The van der Waals surface area contributed by atoms with Gasteiger partial charge < -0.3 is 5.32 Å². The minimum Gasteiger partial charge on any atom is -0.383 e. The van der Waals surface area contributed by atoms with Crippen molar-refractivity contribution in [1.82, 2.24) is 5.32 Å². The molecule has 0 heterocycles. The Morgan fingerprint density at radius 1 is 1.33 bits per heavy atom. The summed E-state index contributed by atoms with van der Waals surface area (Å²) >= 11 is 0. The van der Waals surface area contributed by atoms with E-state index in [-0.39, 0.29) is 0 Å². The van der Waals surface area contributed by atoms with E-state index in [0.717, 1.165) is 12.1 Å². The Bertz CT molecular complexity index is 168. The van der Waals surface area contributed by atoms with Gasteiger partial charge in [-0.1, -0.05) is 39.5 Å². The van der Waals surface area contributed by atoms with Gasteiger partial charge in [0, 0.05) is 11.7 Å². The molecule has 0 aliphatic carbocycles. The molecule has 0 aromatic rings.